The molecule has 4 nitrogen and oxygen atoms in total. The fraction of sp³-hybridized carbons (Fsp3) is 0.462. The second-order valence-corrected chi connectivity index (χ2v) is 7.25. The first kappa shape index (κ1) is 16.9. The van der Waals surface area contributed by atoms with Gasteiger partial charge in [0.05, 0.1) is 40.0 Å². The van der Waals surface area contributed by atoms with Gasteiger partial charge < -0.3 is 4.74 Å². The van der Waals surface area contributed by atoms with Gasteiger partial charge in [-0.25, -0.2) is 8.60 Å². The number of hydrogen-bond acceptors (Lipinski definition) is 3. The zero-order valence-electron chi connectivity index (χ0n) is 11.3. The van der Waals surface area contributed by atoms with Gasteiger partial charge in [0.1, 0.15) is 0 Å². The van der Waals surface area contributed by atoms with E-state index in [1.807, 2.05) is 0 Å². The molecule has 122 valence electrons. The Hall–Kier alpha value is -1.48. The van der Waals surface area contributed by atoms with Crippen molar-refractivity contribution < 1.29 is 31.3 Å². The first-order chi connectivity index (χ1) is 10.2. The topological polar surface area (TPSA) is 55.7 Å². The first-order valence-corrected chi connectivity index (χ1v) is 8.22. The summed E-state index contributed by atoms with van der Waals surface area (Å²) >= 11 is 0. The molecule has 2 rings (SSSR count). The predicted molar refractivity (Wildman–Crippen MR) is 71.4 cm³/mol. The number of hydrogen-bond donors (Lipinski definition) is 0. The molecular weight excluding hydrogens is 326 g/mol. The molecule has 0 spiro atoms. The average Bonchev–Trinajstić information content (AvgIpc) is 2.46. The van der Waals surface area contributed by atoms with E-state index in [9.17, 15) is 26.6 Å². The van der Waals surface area contributed by atoms with Crippen LogP contribution in [0.3, 0.4) is 0 Å². The number of halogens is 4. The molecule has 1 unspecified atom stereocenters. The Bertz CT molecular complexity index is 651. The standard InChI is InChI=1S/C13H13F4NO3S/c14-11(9-1-3-10(4-2-9)13(15,16)17)12(19)18-22(20)7-5-21-6-8-22/h1-4,11H,5-8H2. The van der Waals surface area contributed by atoms with Gasteiger partial charge in [-0.3, -0.25) is 4.79 Å². The summed E-state index contributed by atoms with van der Waals surface area (Å²) < 4.78 is 71.8. The molecule has 0 aliphatic carbocycles. The third-order valence-corrected chi connectivity index (χ3v) is 5.22. The molecule has 1 fully saturated rings. The van der Waals surface area contributed by atoms with E-state index in [-0.39, 0.29) is 30.3 Å². The Kier molecular flexibility index (Phi) is 4.86. The van der Waals surface area contributed by atoms with E-state index in [0.717, 1.165) is 12.1 Å². The number of ether oxygens (including phenoxy) is 1. The van der Waals surface area contributed by atoms with Gasteiger partial charge >= 0.3 is 6.18 Å². The lowest BCUT2D eigenvalue weighted by molar-refractivity contribution is -0.137. The van der Waals surface area contributed by atoms with Crippen molar-refractivity contribution in [2.75, 3.05) is 24.7 Å². The van der Waals surface area contributed by atoms with Crippen LogP contribution >= 0.6 is 0 Å². The molecule has 9 heteroatoms. The molecule has 1 heterocycles. The maximum absolute atomic E-state index is 14.0. The van der Waals surface area contributed by atoms with Crippen LogP contribution in [0.15, 0.2) is 28.6 Å². The molecule has 22 heavy (non-hydrogen) atoms. The van der Waals surface area contributed by atoms with Crippen molar-refractivity contribution in [2.45, 2.75) is 12.3 Å². The number of amides is 1. The zero-order valence-corrected chi connectivity index (χ0v) is 12.1. The van der Waals surface area contributed by atoms with Crippen LogP contribution in [0.5, 0.6) is 0 Å². The number of carbonyl (C=O) groups excluding carboxylic acids is 1. The summed E-state index contributed by atoms with van der Waals surface area (Å²) in [6, 6.07) is 3.11. The average molecular weight is 339 g/mol. The fourth-order valence-corrected chi connectivity index (χ4v) is 3.43. The molecule has 1 aliphatic heterocycles. The Morgan fingerprint density at radius 2 is 1.73 bits per heavy atom. The van der Waals surface area contributed by atoms with E-state index in [1.165, 1.54) is 0 Å². The monoisotopic (exact) mass is 339 g/mol. The number of benzene rings is 1. The molecule has 1 aromatic rings. The van der Waals surface area contributed by atoms with Crippen LogP contribution in [0.25, 0.3) is 0 Å². The molecule has 0 bridgehead atoms. The lowest BCUT2D eigenvalue weighted by Crippen LogP contribution is -2.27. The second-order valence-electron chi connectivity index (χ2n) is 4.71. The minimum atomic E-state index is -4.54. The lowest BCUT2D eigenvalue weighted by Gasteiger charge is -2.16. The molecule has 1 aliphatic rings. The summed E-state index contributed by atoms with van der Waals surface area (Å²) in [5.41, 5.74) is -1.19. The highest BCUT2D eigenvalue weighted by molar-refractivity contribution is 7.93. The zero-order chi connectivity index (χ0) is 16.4. The van der Waals surface area contributed by atoms with Crippen LogP contribution in [0.1, 0.15) is 17.3 Å². The van der Waals surface area contributed by atoms with Crippen molar-refractivity contribution in [3.63, 3.8) is 0 Å². The van der Waals surface area contributed by atoms with Crippen LogP contribution in [-0.2, 0) is 25.4 Å². The summed E-state index contributed by atoms with van der Waals surface area (Å²) in [6.07, 6.45) is -6.77. The van der Waals surface area contributed by atoms with Crippen LogP contribution < -0.4 is 0 Å². The molecule has 1 aromatic carbocycles. The van der Waals surface area contributed by atoms with E-state index in [2.05, 4.69) is 4.36 Å². The largest absolute Gasteiger partial charge is 0.416 e. The van der Waals surface area contributed by atoms with E-state index in [0.29, 0.717) is 12.1 Å². The molecule has 0 aromatic heterocycles. The van der Waals surface area contributed by atoms with Crippen LogP contribution in [0.2, 0.25) is 0 Å². The Balaban J connectivity index is 2.17. The number of carbonyl (C=O) groups is 1. The summed E-state index contributed by atoms with van der Waals surface area (Å²) in [6.45, 7) is 0.347. The van der Waals surface area contributed by atoms with Crippen molar-refractivity contribution in [1.29, 1.82) is 0 Å². The fourth-order valence-electron chi connectivity index (χ4n) is 1.87. The third-order valence-electron chi connectivity index (χ3n) is 3.10. The summed E-state index contributed by atoms with van der Waals surface area (Å²) in [7, 11) is -2.84. The van der Waals surface area contributed by atoms with E-state index in [4.69, 9.17) is 4.74 Å². The number of nitrogens with zero attached hydrogens (tertiary/aromatic N) is 1. The molecule has 1 saturated heterocycles. The molecule has 1 amide bonds. The van der Waals surface area contributed by atoms with E-state index >= 15 is 0 Å². The third kappa shape index (κ3) is 4.04. The maximum Gasteiger partial charge on any atom is 0.416 e. The van der Waals surface area contributed by atoms with Gasteiger partial charge in [-0.15, -0.1) is 0 Å². The van der Waals surface area contributed by atoms with Crippen molar-refractivity contribution in [3.05, 3.63) is 35.4 Å². The van der Waals surface area contributed by atoms with Crippen molar-refractivity contribution in [2.24, 2.45) is 4.36 Å². The van der Waals surface area contributed by atoms with E-state index in [1.54, 1.807) is 0 Å². The molecule has 0 radical (unpaired) electrons. The van der Waals surface area contributed by atoms with Gasteiger partial charge in [-0.1, -0.05) is 12.1 Å². The van der Waals surface area contributed by atoms with Crippen LogP contribution in [-0.4, -0.2) is 34.8 Å². The van der Waals surface area contributed by atoms with Crippen molar-refractivity contribution in [1.82, 2.24) is 0 Å². The second kappa shape index (κ2) is 6.33. The number of rotatable bonds is 2. The number of alkyl halides is 4. The van der Waals surface area contributed by atoms with Gasteiger partial charge in [0.15, 0.2) is 0 Å². The highest BCUT2D eigenvalue weighted by Gasteiger charge is 2.31. The smallest absolute Gasteiger partial charge is 0.379 e. The summed E-state index contributed by atoms with van der Waals surface area (Å²) in [4.78, 5) is 11.7. The molecule has 0 N–H and O–H groups in total. The Labute approximate surface area is 124 Å². The summed E-state index contributed by atoms with van der Waals surface area (Å²) in [5, 5.41) is 0. The van der Waals surface area contributed by atoms with Gasteiger partial charge in [0.25, 0.3) is 5.91 Å². The van der Waals surface area contributed by atoms with Gasteiger partial charge in [0.2, 0.25) is 6.17 Å². The minimum absolute atomic E-state index is 0.0402. The Morgan fingerprint density at radius 1 is 1.18 bits per heavy atom. The summed E-state index contributed by atoms with van der Waals surface area (Å²) in [5.74, 6) is -1.16. The first-order valence-electron chi connectivity index (χ1n) is 6.37. The highest BCUT2D eigenvalue weighted by Crippen LogP contribution is 2.30. The van der Waals surface area contributed by atoms with Crippen LogP contribution in [0, 0.1) is 0 Å². The van der Waals surface area contributed by atoms with E-state index < -0.39 is 33.5 Å². The Morgan fingerprint density at radius 3 is 2.23 bits per heavy atom. The van der Waals surface area contributed by atoms with Crippen LogP contribution in [0.4, 0.5) is 17.6 Å². The maximum atomic E-state index is 14.0. The lowest BCUT2D eigenvalue weighted by atomic mass is 10.1. The normalized spacial score (nSPS) is 19.5. The van der Waals surface area contributed by atoms with Gasteiger partial charge in [0, 0.05) is 0 Å². The quantitative estimate of drug-likeness (QED) is 0.779. The molecular formula is C13H13F4NO3S. The van der Waals surface area contributed by atoms with Crippen molar-refractivity contribution in [3.8, 4) is 0 Å². The predicted octanol–water partition coefficient (Wildman–Crippen LogP) is 2.74. The van der Waals surface area contributed by atoms with Gasteiger partial charge in [-0.05, 0) is 17.7 Å². The highest BCUT2D eigenvalue weighted by atomic mass is 32.2. The van der Waals surface area contributed by atoms with Crippen molar-refractivity contribution >= 4 is 15.6 Å². The SMILES string of the molecule is O=C(N=S1(=O)CCOCC1)C(F)c1ccc(C(F)(F)F)cc1. The van der Waals surface area contributed by atoms with Gasteiger partial charge in [-0.2, -0.15) is 17.5 Å². The minimum Gasteiger partial charge on any atom is -0.379 e. The molecule has 1 atom stereocenters. The molecule has 0 saturated carbocycles.